The van der Waals surface area contributed by atoms with Crippen LogP contribution in [0.5, 0.6) is 0 Å². The van der Waals surface area contributed by atoms with Crippen molar-refractivity contribution < 1.29 is 57.0 Å². The van der Waals surface area contributed by atoms with Gasteiger partial charge >= 0.3 is 11.9 Å². The molecule has 0 aliphatic heterocycles. The molecule has 0 N–H and O–H groups in total. The molecule has 0 fully saturated rings. The molecule has 0 rings (SSSR count). The Balaban J connectivity index is 5.36. The Bertz CT molecular complexity index is 804. The van der Waals surface area contributed by atoms with E-state index < -0.39 is 24.5 Å². The van der Waals surface area contributed by atoms with Crippen molar-refractivity contribution in [3.8, 4) is 0 Å². The fourth-order valence-electron chi connectivity index (χ4n) is 5.97. The molecular formula is C46H90O12. The van der Waals surface area contributed by atoms with Gasteiger partial charge in [0.25, 0.3) is 11.9 Å². The minimum absolute atomic E-state index is 0.126. The van der Waals surface area contributed by atoms with Crippen molar-refractivity contribution in [1.82, 2.24) is 0 Å². The number of ether oxygens (including phenoxy) is 10. The van der Waals surface area contributed by atoms with Gasteiger partial charge in [0.05, 0.1) is 65.7 Å². The SMILES string of the molecule is CCCCCCCOC(CC(OCCC)(OCCC)OCCC)OC(=O)CCCCCCC(=O)OC(CC(OCCC)(OCCC)OCCC)OCCCCCCC. The summed E-state index contributed by atoms with van der Waals surface area (Å²) in [5, 5.41) is 0. The number of esters is 2. The average molecular weight is 835 g/mol. The molecule has 0 heterocycles. The first-order chi connectivity index (χ1) is 28.2. The van der Waals surface area contributed by atoms with Gasteiger partial charge in [-0.3, -0.25) is 9.59 Å². The zero-order valence-corrected chi connectivity index (χ0v) is 38.7. The van der Waals surface area contributed by atoms with E-state index in [1.54, 1.807) is 0 Å². The summed E-state index contributed by atoms with van der Waals surface area (Å²) in [7, 11) is 0. The topological polar surface area (TPSA) is 126 Å². The molecule has 0 saturated carbocycles. The lowest BCUT2D eigenvalue weighted by molar-refractivity contribution is -0.398. The second-order valence-electron chi connectivity index (χ2n) is 15.2. The molecule has 12 heteroatoms. The molecule has 0 aromatic heterocycles. The highest BCUT2D eigenvalue weighted by atomic mass is 16.9. The first-order valence-corrected chi connectivity index (χ1v) is 23.7. The maximum Gasteiger partial charge on any atom is 0.308 e. The van der Waals surface area contributed by atoms with Crippen LogP contribution in [0.25, 0.3) is 0 Å². The zero-order valence-electron chi connectivity index (χ0n) is 38.7. The van der Waals surface area contributed by atoms with Gasteiger partial charge in [0.15, 0.2) is 0 Å². The van der Waals surface area contributed by atoms with E-state index >= 15 is 0 Å². The quantitative estimate of drug-likeness (QED) is 0.0329. The first-order valence-electron chi connectivity index (χ1n) is 23.7. The maximum atomic E-state index is 13.1. The predicted octanol–water partition coefficient (Wildman–Crippen LogP) is 11.7. The summed E-state index contributed by atoms with van der Waals surface area (Å²) in [6.45, 7) is 20.2. The molecule has 0 spiro atoms. The van der Waals surface area contributed by atoms with E-state index in [1.165, 1.54) is 25.7 Å². The van der Waals surface area contributed by atoms with E-state index in [9.17, 15) is 9.59 Å². The molecule has 0 amide bonds. The number of carbonyl (C=O) groups is 2. The fourth-order valence-corrected chi connectivity index (χ4v) is 5.97. The van der Waals surface area contributed by atoms with Crippen LogP contribution in [0.2, 0.25) is 0 Å². The third-order valence-electron chi connectivity index (χ3n) is 9.13. The van der Waals surface area contributed by atoms with Crippen LogP contribution in [-0.4, -0.2) is 89.3 Å². The molecule has 2 unspecified atom stereocenters. The summed E-state index contributed by atoms with van der Waals surface area (Å²) in [6, 6.07) is 0. The summed E-state index contributed by atoms with van der Waals surface area (Å²) < 4.78 is 61.0. The van der Waals surface area contributed by atoms with Crippen molar-refractivity contribution in [1.29, 1.82) is 0 Å². The second kappa shape index (κ2) is 39.7. The largest absolute Gasteiger partial charge is 0.435 e. The smallest absolute Gasteiger partial charge is 0.308 e. The van der Waals surface area contributed by atoms with E-state index in [0.29, 0.717) is 65.7 Å². The number of hydrogen-bond acceptors (Lipinski definition) is 12. The van der Waals surface area contributed by atoms with Crippen molar-refractivity contribution in [2.45, 2.75) is 234 Å². The van der Waals surface area contributed by atoms with Gasteiger partial charge in [0, 0.05) is 12.8 Å². The van der Waals surface area contributed by atoms with Crippen LogP contribution in [0.4, 0.5) is 0 Å². The number of hydrogen-bond donors (Lipinski definition) is 0. The van der Waals surface area contributed by atoms with Crippen molar-refractivity contribution >= 4 is 11.9 Å². The van der Waals surface area contributed by atoms with E-state index in [-0.39, 0.29) is 37.6 Å². The lowest BCUT2D eigenvalue weighted by Crippen LogP contribution is -2.45. The van der Waals surface area contributed by atoms with Crippen molar-refractivity contribution in [3.05, 3.63) is 0 Å². The maximum absolute atomic E-state index is 13.1. The van der Waals surface area contributed by atoms with Crippen LogP contribution < -0.4 is 0 Å². The molecule has 346 valence electrons. The summed E-state index contributed by atoms with van der Waals surface area (Å²) in [6.07, 6.45) is 17.4. The lowest BCUT2D eigenvalue weighted by atomic mass is 10.1. The van der Waals surface area contributed by atoms with Crippen LogP contribution >= 0.6 is 0 Å². The number of rotatable bonds is 45. The first kappa shape index (κ1) is 56.6. The second-order valence-corrected chi connectivity index (χ2v) is 15.2. The Morgan fingerprint density at radius 3 is 0.897 bits per heavy atom. The highest BCUT2D eigenvalue weighted by Crippen LogP contribution is 2.28. The van der Waals surface area contributed by atoms with E-state index in [4.69, 9.17) is 47.4 Å². The van der Waals surface area contributed by atoms with E-state index in [0.717, 1.165) is 89.9 Å². The molecular weight excluding hydrogens is 744 g/mol. The van der Waals surface area contributed by atoms with Gasteiger partial charge in [0.1, 0.15) is 0 Å². The molecule has 2 atom stereocenters. The summed E-state index contributed by atoms with van der Waals surface area (Å²) in [5.41, 5.74) is 0. The van der Waals surface area contributed by atoms with Crippen molar-refractivity contribution in [3.63, 3.8) is 0 Å². The summed E-state index contributed by atoms with van der Waals surface area (Å²) in [4.78, 5) is 26.3. The minimum Gasteiger partial charge on any atom is -0.435 e. The van der Waals surface area contributed by atoms with Crippen LogP contribution in [0.1, 0.15) is 209 Å². The van der Waals surface area contributed by atoms with Gasteiger partial charge in [-0.15, -0.1) is 0 Å². The monoisotopic (exact) mass is 835 g/mol. The van der Waals surface area contributed by atoms with Crippen molar-refractivity contribution in [2.24, 2.45) is 0 Å². The predicted molar refractivity (Wildman–Crippen MR) is 229 cm³/mol. The molecule has 0 aliphatic carbocycles. The highest BCUT2D eigenvalue weighted by molar-refractivity contribution is 5.69. The Kier molecular flexibility index (Phi) is 38.8. The zero-order chi connectivity index (χ0) is 43.0. The Morgan fingerprint density at radius 1 is 0.345 bits per heavy atom. The van der Waals surface area contributed by atoms with Crippen LogP contribution in [0, 0.1) is 0 Å². The fraction of sp³-hybridized carbons (Fsp3) is 0.957. The van der Waals surface area contributed by atoms with Gasteiger partial charge < -0.3 is 47.4 Å². The number of unbranched alkanes of at least 4 members (excludes halogenated alkanes) is 11. The van der Waals surface area contributed by atoms with Gasteiger partial charge in [-0.05, 0) is 64.2 Å². The van der Waals surface area contributed by atoms with Gasteiger partial charge in [-0.25, -0.2) is 0 Å². The Hall–Kier alpha value is -1.38. The summed E-state index contributed by atoms with van der Waals surface area (Å²) >= 11 is 0. The molecule has 0 aromatic carbocycles. The van der Waals surface area contributed by atoms with Gasteiger partial charge in [0.2, 0.25) is 12.6 Å². The minimum atomic E-state index is -1.35. The molecule has 0 saturated heterocycles. The molecule has 58 heavy (non-hydrogen) atoms. The molecule has 0 aliphatic rings. The lowest BCUT2D eigenvalue weighted by Gasteiger charge is -2.35. The third kappa shape index (κ3) is 30.6. The standard InChI is InChI=1S/C46H90O12/c1-9-17-19-23-27-37-49-43(39-45(51-31-11-3,52-32-12-4)53-33-13-5)57-41(47)29-25-21-22-26-30-42(48)58-44(50-38-28-24-20-18-10-2)40-46(54-34-14-6,55-35-15-7)56-36-16-8/h43-44H,9-40H2,1-8H3. The summed E-state index contributed by atoms with van der Waals surface area (Å²) in [5.74, 6) is -3.38. The molecule has 0 radical (unpaired) electrons. The van der Waals surface area contributed by atoms with Crippen LogP contribution in [0.3, 0.4) is 0 Å². The van der Waals surface area contributed by atoms with Crippen LogP contribution in [-0.2, 0) is 57.0 Å². The third-order valence-corrected chi connectivity index (χ3v) is 9.13. The Labute approximate surface area is 355 Å². The Morgan fingerprint density at radius 2 is 0.621 bits per heavy atom. The highest BCUT2D eigenvalue weighted by Gasteiger charge is 2.40. The molecule has 12 nitrogen and oxygen atoms in total. The average Bonchev–Trinajstić information content (AvgIpc) is 3.22. The van der Waals surface area contributed by atoms with Crippen molar-refractivity contribution in [2.75, 3.05) is 52.9 Å². The van der Waals surface area contributed by atoms with Gasteiger partial charge in [-0.1, -0.05) is 120 Å². The number of carbonyl (C=O) groups excluding carboxylic acids is 2. The van der Waals surface area contributed by atoms with E-state index in [2.05, 4.69) is 13.8 Å². The van der Waals surface area contributed by atoms with E-state index in [1.807, 2.05) is 41.5 Å². The molecule has 0 aromatic rings. The van der Waals surface area contributed by atoms with Crippen LogP contribution in [0.15, 0.2) is 0 Å². The normalized spacial score (nSPS) is 13.2. The molecule has 0 bridgehead atoms. The van der Waals surface area contributed by atoms with Gasteiger partial charge in [-0.2, -0.15) is 0 Å².